The second kappa shape index (κ2) is 5.86. The van der Waals surface area contributed by atoms with Gasteiger partial charge in [-0.1, -0.05) is 30.3 Å². The van der Waals surface area contributed by atoms with Crippen LogP contribution in [-0.2, 0) is 5.54 Å². The highest BCUT2D eigenvalue weighted by Gasteiger charge is 2.54. The maximum Gasteiger partial charge on any atom is 0.194 e. The molecule has 2 heterocycles. The molecule has 4 rings (SSSR count). The predicted molar refractivity (Wildman–Crippen MR) is 106 cm³/mol. The Balaban J connectivity index is 1.72. The summed E-state index contributed by atoms with van der Waals surface area (Å²) in [6, 6.07) is 18.0. The minimum atomic E-state index is -0.385. The van der Waals surface area contributed by atoms with Crippen molar-refractivity contribution in [1.29, 1.82) is 0 Å². The van der Waals surface area contributed by atoms with Crippen LogP contribution in [-0.4, -0.2) is 28.5 Å². The molecule has 2 aliphatic rings. The molecule has 2 saturated heterocycles. The number of benzene rings is 2. The Bertz CT molecular complexity index is 827. The summed E-state index contributed by atoms with van der Waals surface area (Å²) in [6.45, 7) is 2.13. The number of nitrogens with one attached hydrogen (secondary N) is 2. The molecular formula is C18H18N4OS2. The van der Waals surface area contributed by atoms with Gasteiger partial charge < -0.3 is 15.4 Å². The fourth-order valence-electron chi connectivity index (χ4n) is 3.38. The number of hydrogen-bond donors (Lipinski definition) is 2. The lowest BCUT2D eigenvalue weighted by Gasteiger charge is -2.30. The molecule has 2 aromatic rings. The molecule has 0 saturated carbocycles. The molecule has 0 spiro atoms. The molecule has 2 aliphatic heterocycles. The van der Waals surface area contributed by atoms with E-state index in [-0.39, 0.29) is 11.7 Å². The van der Waals surface area contributed by atoms with Crippen molar-refractivity contribution >= 4 is 40.3 Å². The Morgan fingerprint density at radius 2 is 1.68 bits per heavy atom. The summed E-state index contributed by atoms with van der Waals surface area (Å²) >= 11 is 11.2. The van der Waals surface area contributed by atoms with Gasteiger partial charge in [0.05, 0.1) is 12.8 Å². The summed E-state index contributed by atoms with van der Waals surface area (Å²) in [5.41, 5.74) is 1.70. The van der Waals surface area contributed by atoms with Crippen LogP contribution in [0.1, 0.15) is 12.5 Å². The highest BCUT2D eigenvalue weighted by atomic mass is 32.1. The summed E-state index contributed by atoms with van der Waals surface area (Å²) in [5.74, 6) is 0.801. The molecule has 2 atom stereocenters. The highest BCUT2D eigenvalue weighted by Crippen LogP contribution is 2.38. The molecule has 2 fully saturated rings. The lowest BCUT2D eigenvalue weighted by atomic mass is 9.90. The van der Waals surface area contributed by atoms with Gasteiger partial charge in [-0.25, -0.2) is 10.0 Å². The average Bonchev–Trinajstić information content (AvgIpc) is 3.11. The van der Waals surface area contributed by atoms with E-state index in [9.17, 15) is 0 Å². The number of rotatable bonds is 3. The van der Waals surface area contributed by atoms with Crippen molar-refractivity contribution in [1.82, 2.24) is 15.6 Å². The van der Waals surface area contributed by atoms with Crippen molar-refractivity contribution in [2.24, 2.45) is 0 Å². The third kappa shape index (κ3) is 2.42. The van der Waals surface area contributed by atoms with Crippen LogP contribution < -0.4 is 20.4 Å². The maximum atomic E-state index is 5.63. The minimum absolute atomic E-state index is 0.1000. The first-order valence-corrected chi connectivity index (χ1v) is 8.78. The van der Waals surface area contributed by atoms with Gasteiger partial charge in [0.15, 0.2) is 16.4 Å². The molecule has 25 heavy (non-hydrogen) atoms. The predicted octanol–water partition coefficient (Wildman–Crippen LogP) is 2.74. The van der Waals surface area contributed by atoms with Crippen LogP contribution in [0, 0.1) is 0 Å². The molecule has 2 N–H and O–H groups in total. The zero-order valence-electron chi connectivity index (χ0n) is 13.9. The maximum absolute atomic E-state index is 5.63. The zero-order chi connectivity index (χ0) is 17.6. The monoisotopic (exact) mass is 370 g/mol. The van der Waals surface area contributed by atoms with Gasteiger partial charge in [0.25, 0.3) is 0 Å². The van der Waals surface area contributed by atoms with Gasteiger partial charge in [-0.05, 0) is 61.2 Å². The van der Waals surface area contributed by atoms with Crippen molar-refractivity contribution < 1.29 is 4.74 Å². The minimum Gasteiger partial charge on any atom is -0.497 e. The van der Waals surface area contributed by atoms with E-state index in [1.165, 1.54) is 0 Å². The van der Waals surface area contributed by atoms with Gasteiger partial charge in [-0.2, -0.15) is 0 Å². The van der Waals surface area contributed by atoms with Gasteiger partial charge in [-0.3, -0.25) is 0 Å². The number of hydrogen-bond acceptors (Lipinski definition) is 3. The quantitative estimate of drug-likeness (QED) is 0.805. The third-order valence-corrected chi connectivity index (χ3v) is 5.30. The van der Waals surface area contributed by atoms with Crippen molar-refractivity contribution in [3.05, 3.63) is 60.2 Å². The van der Waals surface area contributed by atoms with Crippen LogP contribution in [0.5, 0.6) is 5.75 Å². The molecule has 2 aromatic carbocycles. The van der Waals surface area contributed by atoms with Gasteiger partial charge in [0, 0.05) is 0 Å². The molecule has 0 aromatic heterocycles. The summed E-state index contributed by atoms with van der Waals surface area (Å²) in [5, 5.41) is 12.1. The van der Waals surface area contributed by atoms with Crippen molar-refractivity contribution in [3.63, 3.8) is 0 Å². The van der Waals surface area contributed by atoms with E-state index in [2.05, 4.69) is 29.7 Å². The van der Waals surface area contributed by atoms with Crippen LogP contribution in [0.2, 0.25) is 0 Å². The molecule has 0 radical (unpaired) electrons. The van der Waals surface area contributed by atoms with E-state index >= 15 is 0 Å². The topological polar surface area (TPSA) is 39.8 Å². The van der Waals surface area contributed by atoms with Gasteiger partial charge in [0.1, 0.15) is 11.3 Å². The van der Waals surface area contributed by atoms with E-state index in [0.29, 0.717) is 10.2 Å². The largest absolute Gasteiger partial charge is 0.497 e. The first-order valence-electron chi connectivity index (χ1n) is 7.96. The molecule has 5 nitrogen and oxygen atoms in total. The number of nitrogens with zero attached hydrogens (tertiary/aromatic N) is 2. The Morgan fingerprint density at radius 3 is 2.32 bits per heavy atom. The smallest absolute Gasteiger partial charge is 0.194 e. The van der Waals surface area contributed by atoms with Crippen molar-refractivity contribution in [2.45, 2.75) is 18.6 Å². The fourth-order valence-corrected chi connectivity index (χ4v) is 4.08. The number of anilines is 1. The molecule has 0 aliphatic carbocycles. The Morgan fingerprint density at radius 1 is 1.00 bits per heavy atom. The van der Waals surface area contributed by atoms with Gasteiger partial charge >= 0.3 is 0 Å². The Hall–Kier alpha value is -2.38. The molecule has 7 heteroatoms. The number of hydrazine groups is 1. The van der Waals surface area contributed by atoms with Crippen LogP contribution in [0.3, 0.4) is 0 Å². The van der Waals surface area contributed by atoms with E-state index in [1.807, 2.05) is 52.5 Å². The number of thiocarbonyl (C=S) groups is 2. The number of ether oxygens (including phenoxy) is 1. The number of methoxy groups -OCH3 is 1. The Labute approximate surface area is 157 Å². The average molecular weight is 371 g/mol. The van der Waals surface area contributed by atoms with E-state index in [1.54, 1.807) is 7.11 Å². The van der Waals surface area contributed by atoms with Crippen LogP contribution in [0.25, 0.3) is 0 Å². The summed E-state index contributed by atoms with van der Waals surface area (Å²) in [6.07, 6.45) is -0.1000. The molecule has 0 amide bonds. The van der Waals surface area contributed by atoms with Crippen molar-refractivity contribution in [3.8, 4) is 5.75 Å². The standard InChI is InChI=1S/C18H18N4OS2/c1-18(12-6-4-3-5-7-12)15-19-16(24)21(22(15)17(25)20-18)13-8-10-14(23-2)11-9-13/h3-11,15H,1-2H3,(H,19,24)(H,20,25)/t15-,18+/m1/s1. The zero-order valence-corrected chi connectivity index (χ0v) is 15.5. The van der Waals surface area contributed by atoms with Crippen LogP contribution in [0.15, 0.2) is 54.6 Å². The second-order valence-electron chi connectivity index (χ2n) is 6.20. The number of fused-ring (bicyclic) bond motifs is 1. The van der Waals surface area contributed by atoms with Gasteiger partial charge in [0.2, 0.25) is 0 Å². The summed E-state index contributed by atoms with van der Waals surface area (Å²) in [4.78, 5) is 0. The highest BCUT2D eigenvalue weighted by molar-refractivity contribution is 7.81. The van der Waals surface area contributed by atoms with E-state index in [4.69, 9.17) is 29.2 Å². The second-order valence-corrected chi connectivity index (χ2v) is 6.98. The van der Waals surface area contributed by atoms with Gasteiger partial charge in [-0.15, -0.1) is 0 Å². The van der Waals surface area contributed by atoms with Crippen molar-refractivity contribution in [2.75, 3.05) is 12.1 Å². The molecular weight excluding hydrogens is 352 g/mol. The van der Waals surface area contributed by atoms with Crippen LogP contribution >= 0.6 is 24.4 Å². The summed E-state index contributed by atoms with van der Waals surface area (Å²) < 4.78 is 5.24. The lowest BCUT2D eigenvalue weighted by molar-refractivity contribution is 0.264. The molecule has 128 valence electrons. The lowest BCUT2D eigenvalue weighted by Crippen LogP contribution is -2.49. The first kappa shape index (κ1) is 16.1. The summed E-state index contributed by atoms with van der Waals surface area (Å²) in [7, 11) is 1.65. The molecule has 0 unspecified atom stereocenters. The Kier molecular flexibility index (Phi) is 3.77. The third-order valence-electron chi connectivity index (χ3n) is 4.72. The van der Waals surface area contributed by atoms with E-state index < -0.39 is 0 Å². The molecule has 0 bridgehead atoms. The SMILES string of the molecule is COc1ccc(N2C(=S)N[C@@H]3N2C(=S)N[C@@]3(C)c2ccccc2)cc1. The normalized spacial score (nSPS) is 24.8. The van der Waals surface area contributed by atoms with E-state index in [0.717, 1.165) is 17.0 Å². The van der Waals surface area contributed by atoms with Crippen LogP contribution in [0.4, 0.5) is 5.69 Å². The fraction of sp³-hybridized carbons (Fsp3) is 0.222. The first-order chi connectivity index (χ1) is 12.0.